The molecule has 0 fully saturated rings. The van der Waals surface area contributed by atoms with Crippen molar-refractivity contribution in [2.24, 2.45) is 5.16 Å². The highest BCUT2D eigenvalue weighted by molar-refractivity contribution is 7.13. The van der Waals surface area contributed by atoms with Crippen molar-refractivity contribution in [3.8, 4) is 0 Å². The quantitative estimate of drug-likeness (QED) is 0.438. The molecule has 2 aromatic rings. The number of carboxylic acids is 1. The maximum absolute atomic E-state index is 12.2. The third kappa shape index (κ3) is 5.01. The van der Waals surface area contributed by atoms with Crippen molar-refractivity contribution in [3.05, 3.63) is 47.0 Å². The standard InChI is InChI=1S/C16H17N3O5S/c1-16(2,14(22)23-8-10-6-4-3-5-7-10)24-19-12(13(20)21)11-9-25-15(17)18-11/h3-7,9H,8H2,1-2H3,(H2,17,18)(H,20,21). The van der Waals surface area contributed by atoms with Gasteiger partial charge < -0.3 is 20.4 Å². The van der Waals surface area contributed by atoms with E-state index < -0.39 is 23.3 Å². The molecular formula is C16H17N3O5S. The van der Waals surface area contributed by atoms with Crippen molar-refractivity contribution in [2.45, 2.75) is 26.1 Å². The lowest BCUT2D eigenvalue weighted by atomic mass is 10.1. The van der Waals surface area contributed by atoms with Gasteiger partial charge in [-0.25, -0.2) is 14.6 Å². The SMILES string of the molecule is CC(C)(ON=C(C(=O)O)c1csc(N)n1)C(=O)OCc1ccccc1. The number of rotatable bonds is 7. The first-order valence-corrected chi connectivity index (χ1v) is 8.09. The Balaban J connectivity index is 2.05. The summed E-state index contributed by atoms with van der Waals surface area (Å²) in [6.07, 6.45) is 0. The van der Waals surface area contributed by atoms with Crippen LogP contribution in [0.25, 0.3) is 0 Å². The first-order chi connectivity index (χ1) is 11.8. The molecule has 0 aliphatic heterocycles. The lowest BCUT2D eigenvalue weighted by Gasteiger charge is -2.20. The topological polar surface area (TPSA) is 124 Å². The fourth-order valence-electron chi connectivity index (χ4n) is 1.69. The van der Waals surface area contributed by atoms with Gasteiger partial charge in [-0.1, -0.05) is 35.5 Å². The third-order valence-electron chi connectivity index (χ3n) is 3.04. The number of aliphatic carboxylic acids is 1. The first kappa shape index (κ1) is 18.4. The highest BCUT2D eigenvalue weighted by Crippen LogP contribution is 2.17. The molecule has 0 saturated carbocycles. The molecule has 0 amide bonds. The Labute approximate surface area is 147 Å². The fraction of sp³-hybridized carbons (Fsp3) is 0.250. The zero-order valence-electron chi connectivity index (χ0n) is 13.6. The van der Waals surface area contributed by atoms with Gasteiger partial charge >= 0.3 is 11.9 Å². The fourth-order valence-corrected chi connectivity index (χ4v) is 2.23. The second kappa shape index (κ2) is 7.75. The number of carbonyl (C=O) groups excluding carboxylic acids is 1. The van der Waals surface area contributed by atoms with Crippen molar-refractivity contribution >= 4 is 34.1 Å². The smallest absolute Gasteiger partial charge is 0.360 e. The van der Waals surface area contributed by atoms with Gasteiger partial charge in [-0.05, 0) is 19.4 Å². The van der Waals surface area contributed by atoms with Crippen LogP contribution in [-0.4, -0.2) is 33.3 Å². The summed E-state index contributed by atoms with van der Waals surface area (Å²) in [5.74, 6) is -2.03. The van der Waals surface area contributed by atoms with Crippen LogP contribution in [0.4, 0.5) is 5.13 Å². The maximum Gasteiger partial charge on any atom is 0.360 e. The Bertz CT molecular complexity index is 786. The predicted octanol–water partition coefficient (Wildman–Crippen LogP) is 2.05. The minimum atomic E-state index is -1.48. The number of hydrogen-bond donors (Lipinski definition) is 2. The second-order valence-corrected chi connectivity index (χ2v) is 6.37. The Morgan fingerprint density at radius 3 is 2.56 bits per heavy atom. The lowest BCUT2D eigenvalue weighted by molar-refractivity contribution is -0.169. The Morgan fingerprint density at radius 2 is 2.00 bits per heavy atom. The van der Waals surface area contributed by atoms with Gasteiger partial charge in [0.1, 0.15) is 12.3 Å². The van der Waals surface area contributed by atoms with Crippen LogP contribution in [0, 0.1) is 0 Å². The molecule has 1 aromatic carbocycles. The Kier molecular flexibility index (Phi) is 5.71. The van der Waals surface area contributed by atoms with Gasteiger partial charge in [-0.3, -0.25) is 0 Å². The number of ether oxygens (including phenoxy) is 1. The molecule has 0 spiro atoms. The summed E-state index contributed by atoms with van der Waals surface area (Å²) in [6, 6.07) is 9.14. The Hall–Kier alpha value is -2.94. The molecule has 0 saturated heterocycles. The minimum absolute atomic E-state index is 0.0588. The van der Waals surface area contributed by atoms with Crippen molar-refractivity contribution in [3.63, 3.8) is 0 Å². The summed E-state index contributed by atoms with van der Waals surface area (Å²) in [4.78, 5) is 32.4. The monoisotopic (exact) mass is 363 g/mol. The number of oxime groups is 1. The maximum atomic E-state index is 12.2. The molecule has 132 valence electrons. The third-order valence-corrected chi connectivity index (χ3v) is 3.71. The number of thiazole rings is 1. The molecule has 25 heavy (non-hydrogen) atoms. The van der Waals surface area contributed by atoms with E-state index in [4.69, 9.17) is 15.3 Å². The molecule has 9 heteroatoms. The average molecular weight is 363 g/mol. The van der Waals surface area contributed by atoms with Gasteiger partial charge in [-0.15, -0.1) is 11.3 Å². The van der Waals surface area contributed by atoms with Crippen molar-refractivity contribution in [1.82, 2.24) is 4.98 Å². The van der Waals surface area contributed by atoms with E-state index in [0.29, 0.717) is 0 Å². The van der Waals surface area contributed by atoms with Crippen molar-refractivity contribution in [1.29, 1.82) is 0 Å². The van der Waals surface area contributed by atoms with E-state index in [1.54, 1.807) is 0 Å². The van der Waals surface area contributed by atoms with Gasteiger partial charge in [0.2, 0.25) is 11.3 Å². The number of carbonyl (C=O) groups is 2. The zero-order valence-corrected chi connectivity index (χ0v) is 14.4. The van der Waals surface area contributed by atoms with Gasteiger partial charge in [0.15, 0.2) is 5.13 Å². The number of anilines is 1. The van der Waals surface area contributed by atoms with Crippen LogP contribution in [0.3, 0.4) is 0 Å². The van der Waals surface area contributed by atoms with Crippen LogP contribution >= 0.6 is 11.3 Å². The summed E-state index contributed by atoms with van der Waals surface area (Å²) in [5.41, 5.74) is 4.44. The number of aromatic nitrogens is 1. The molecule has 0 unspecified atom stereocenters. The van der Waals surface area contributed by atoms with E-state index in [0.717, 1.165) is 16.9 Å². The first-order valence-electron chi connectivity index (χ1n) is 7.21. The highest BCUT2D eigenvalue weighted by atomic mass is 32.1. The highest BCUT2D eigenvalue weighted by Gasteiger charge is 2.33. The molecule has 3 N–H and O–H groups in total. The molecular weight excluding hydrogens is 346 g/mol. The van der Waals surface area contributed by atoms with E-state index in [1.165, 1.54) is 19.2 Å². The van der Waals surface area contributed by atoms with Crippen LogP contribution in [0.5, 0.6) is 0 Å². The molecule has 0 radical (unpaired) electrons. The molecule has 0 aliphatic carbocycles. The zero-order chi connectivity index (χ0) is 18.4. The molecule has 0 bridgehead atoms. The number of benzene rings is 1. The van der Waals surface area contributed by atoms with Crippen LogP contribution in [-0.2, 0) is 25.8 Å². The summed E-state index contributed by atoms with van der Waals surface area (Å²) in [6.45, 7) is 2.93. The molecule has 2 rings (SSSR count). The van der Waals surface area contributed by atoms with Gasteiger partial charge in [0, 0.05) is 5.38 Å². The number of nitrogens with two attached hydrogens (primary N) is 1. The van der Waals surface area contributed by atoms with E-state index in [-0.39, 0.29) is 17.4 Å². The van der Waals surface area contributed by atoms with Gasteiger partial charge in [-0.2, -0.15) is 0 Å². The average Bonchev–Trinajstić information content (AvgIpc) is 2.99. The number of hydrogen-bond acceptors (Lipinski definition) is 8. The minimum Gasteiger partial charge on any atom is -0.476 e. The summed E-state index contributed by atoms with van der Waals surface area (Å²) >= 11 is 1.07. The van der Waals surface area contributed by atoms with Crippen LogP contribution < -0.4 is 5.73 Å². The van der Waals surface area contributed by atoms with Crippen molar-refractivity contribution in [2.75, 3.05) is 5.73 Å². The largest absolute Gasteiger partial charge is 0.476 e. The van der Waals surface area contributed by atoms with E-state index in [1.807, 2.05) is 30.3 Å². The summed E-state index contributed by atoms with van der Waals surface area (Å²) < 4.78 is 5.18. The van der Waals surface area contributed by atoms with Crippen LogP contribution in [0.2, 0.25) is 0 Å². The number of esters is 1. The normalized spacial score (nSPS) is 11.8. The molecule has 8 nitrogen and oxygen atoms in total. The van der Waals surface area contributed by atoms with Crippen LogP contribution in [0.1, 0.15) is 25.1 Å². The van der Waals surface area contributed by atoms with Gasteiger partial charge in [0.25, 0.3) is 0 Å². The molecule has 1 aromatic heterocycles. The summed E-state index contributed by atoms with van der Waals surface area (Å²) in [5, 5.41) is 14.4. The molecule has 1 heterocycles. The van der Waals surface area contributed by atoms with Crippen molar-refractivity contribution < 1.29 is 24.3 Å². The molecule has 0 atom stereocenters. The predicted molar refractivity (Wildman–Crippen MR) is 92.1 cm³/mol. The van der Waals surface area contributed by atoms with E-state index in [2.05, 4.69) is 10.1 Å². The molecule has 0 aliphatic rings. The summed E-state index contributed by atoms with van der Waals surface area (Å²) in [7, 11) is 0. The second-order valence-electron chi connectivity index (χ2n) is 5.48. The Morgan fingerprint density at radius 1 is 1.32 bits per heavy atom. The van der Waals surface area contributed by atoms with E-state index >= 15 is 0 Å². The van der Waals surface area contributed by atoms with E-state index in [9.17, 15) is 14.7 Å². The number of nitrogen functional groups attached to an aromatic ring is 1. The number of carboxylic acid groups (broad SMARTS) is 1. The van der Waals surface area contributed by atoms with Crippen LogP contribution in [0.15, 0.2) is 40.9 Å². The number of nitrogens with zero attached hydrogens (tertiary/aromatic N) is 2. The lowest BCUT2D eigenvalue weighted by Crippen LogP contribution is -2.36. The van der Waals surface area contributed by atoms with Gasteiger partial charge in [0.05, 0.1) is 0 Å².